The highest BCUT2D eigenvalue weighted by Crippen LogP contribution is 2.25. The van der Waals surface area contributed by atoms with Crippen LogP contribution in [-0.4, -0.2) is 152 Å². The number of hydrogen-bond acceptors (Lipinski definition) is 17. The van der Waals surface area contributed by atoms with E-state index in [1.165, 1.54) is 12.1 Å². The highest BCUT2D eigenvalue weighted by atomic mass is 16.7. The maximum Gasteiger partial charge on any atom is 0.342 e. The normalized spacial score (nSPS) is 20.7. The zero-order valence-electron chi connectivity index (χ0n) is 35.0. The molecule has 340 valence electrons. The van der Waals surface area contributed by atoms with Crippen molar-refractivity contribution in [3.8, 4) is 11.5 Å². The predicted octanol–water partition coefficient (Wildman–Crippen LogP) is 1.41. The summed E-state index contributed by atoms with van der Waals surface area (Å²) >= 11 is 0. The molecule has 0 bridgehead atoms. The summed E-state index contributed by atoms with van der Waals surface area (Å²) in [6.45, 7) is 6.63. The number of phenols is 1. The number of para-hydroxylation sites is 1. The van der Waals surface area contributed by atoms with E-state index in [0.717, 1.165) is 28.9 Å². The van der Waals surface area contributed by atoms with Gasteiger partial charge in [-0.1, -0.05) is 76.2 Å². The van der Waals surface area contributed by atoms with Gasteiger partial charge in [-0.2, -0.15) is 0 Å². The molecule has 1 aliphatic heterocycles. The molecule has 0 radical (unpaired) electrons. The zero-order valence-corrected chi connectivity index (χ0v) is 35.0. The van der Waals surface area contributed by atoms with E-state index < -0.39 is 80.9 Å². The van der Waals surface area contributed by atoms with Crippen molar-refractivity contribution in [2.75, 3.05) is 33.5 Å². The highest BCUT2D eigenvalue weighted by molar-refractivity contribution is 5.92. The number of aromatic hydroxyl groups is 1. The Bertz CT molecular complexity index is 1730. The molecular formula is C44H62O17. The Morgan fingerprint density at radius 3 is 1.98 bits per heavy atom. The van der Waals surface area contributed by atoms with Gasteiger partial charge in [0, 0.05) is 6.08 Å². The highest BCUT2D eigenvalue weighted by Gasteiger charge is 2.46. The number of hydrogen-bond donors (Lipinski definition) is 10. The van der Waals surface area contributed by atoms with Crippen LogP contribution in [0.15, 0.2) is 78.9 Å². The van der Waals surface area contributed by atoms with Crippen LogP contribution in [-0.2, 0) is 30.3 Å². The molecule has 1 heterocycles. The van der Waals surface area contributed by atoms with Crippen LogP contribution in [0.5, 0.6) is 11.5 Å². The van der Waals surface area contributed by atoms with Crippen molar-refractivity contribution >= 4 is 18.0 Å². The van der Waals surface area contributed by atoms with Gasteiger partial charge in [0.25, 0.3) is 0 Å². The van der Waals surface area contributed by atoms with Crippen LogP contribution in [0.25, 0.3) is 6.08 Å². The van der Waals surface area contributed by atoms with Crippen molar-refractivity contribution in [3.05, 3.63) is 101 Å². The average Bonchev–Trinajstić information content (AvgIpc) is 3.26. The lowest BCUT2D eigenvalue weighted by molar-refractivity contribution is -0.327. The van der Waals surface area contributed by atoms with Crippen LogP contribution in [0.2, 0.25) is 0 Å². The maximum atomic E-state index is 11.9. The molecule has 17 heteroatoms. The fourth-order valence-corrected chi connectivity index (χ4v) is 5.58. The van der Waals surface area contributed by atoms with Crippen LogP contribution < -0.4 is 4.74 Å². The number of phenolic OH excluding ortho intramolecular Hbond substituents is 1. The van der Waals surface area contributed by atoms with Crippen molar-refractivity contribution in [3.63, 3.8) is 0 Å². The summed E-state index contributed by atoms with van der Waals surface area (Å²) in [5, 5.41) is 94.5. The van der Waals surface area contributed by atoms with Crippen molar-refractivity contribution < 1.29 is 84.3 Å². The second kappa shape index (κ2) is 27.4. The first kappa shape index (κ1) is 52.6. The lowest BCUT2D eigenvalue weighted by Crippen LogP contribution is -2.61. The Morgan fingerprint density at radius 2 is 1.41 bits per heavy atom. The third-order valence-corrected chi connectivity index (χ3v) is 9.25. The molecule has 0 unspecified atom stereocenters. The number of aliphatic hydroxyl groups is 9. The van der Waals surface area contributed by atoms with Gasteiger partial charge in [0.15, 0.2) is 6.29 Å². The molecule has 0 aromatic heterocycles. The first-order chi connectivity index (χ1) is 29.0. The lowest BCUT2D eigenvalue weighted by atomic mass is 9.98. The fourth-order valence-electron chi connectivity index (χ4n) is 5.58. The van der Waals surface area contributed by atoms with E-state index in [1.54, 1.807) is 31.4 Å². The van der Waals surface area contributed by atoms with Crippen molar-refractivity contribution in [2.45, 2.75) is 102 Å². The summed E-state index contributed by atoms with van der Waals surface area (Å²) in [7, 11) is 1.62. The lowest BCUT2D eigenvalue weighted by Gasteiger charge is -2.42. The van der Waals surface area contributed by atoms with E-state index in [1.807, 2.05) is 48.5 Å². The Hall–Kier alpha value is -4.50. The van der Waals surface area contributed by atoms with Gasteiger partial charge in [0.05, 0.1) is 33.5 Å². The maximum absolute atomic E-state index is 11.9. The molecule has 61 heavy (non-hydrogen) atoms. The molecule has 4 rings (SSSR count). The van der Waals surface area contributed by atoms with Crippen LogP contribution in [0.4, 0.5) is 0 Å². The molecule has 17 nitrogen and oxygen atoms in total. The second-order valence-electron chi connectivity index (χ2n) is 14.7. The van der Waals surface area contributed by atoms with Gasteiger partial charge in [-0.25, -0.2) is 9.59 Å². The van der Waals surface area contributed by atoms with Crippen LogP contribution in [0.3, 0.4) is 0 Å². The van der Waals surface area contributed by atoms with E-state index in [4.69, 9.17) is 39.0 Å². The Balaban J connectivity index is 0.000000317. The molecule has 3 aromatic carbocycles. The van der Waals surface area contributed by atoms with Gasteiger partial charge >= 0.3 is 11.9 Å². The first-order valence-electron chi connectivity index (χ1n) is 19.7. The summed E-state index contributed by atoms with van der Waals surface area (Å²) in [4.78, 5) is 23.3. The fraction of sp³-hybridized carbons (Fsp3) is 0.500. The monoisotopic (exact) mass is 862 g/mol. The van der Waals surface area contributed by atoms with E-state index in [9.17, 15) is 45.3 Å². The van der Waals surface area contributed by atoms with Gasteiger partial charge in [0.2, 0.25) is 0 Å². The van der Waals surface area contributed by atoms with Crippen LogP contribution in [0, 0.1) is 5.92 Å². The molecule has 3 aromatic rings. The van der Waals surface area contributed by atoms with Crippen molar-refractivity contribution in [1.82, 2.24) is 0 Å². The molecule has 10 N–H and O–H groups in total. The summed E-state index contributed by atoms with van der Waals surface area (Å²) in [6, 6.07) is 21.7. The molecule has 1 aliphatic rings. The smallest absolute Gasteiger partial charge is 0.342 e. The second-order valence-corrected chi connectivity index (χ2v) is 14.7. The zero-order chi connectivity index (χ0) is 45.6. The van der Waals surface area contributed by atoms with Gasteiger partial charge in [-0.05, 0) is 65.3 Å². The largest absolute Gasteiger partial charge is 0.507 e. The Labute approximate surface area is 355 Å². The van der Waals surface area contributed by atoms with E-state index in [0.29, 0.717) is 18.4 Å². The quantitative estimate of drug-likeness (QED) is 0.0639. The molecule has 9 atom stereocenters. The van der Waals surface area contributed by atoms with E-state index >= 15 is 0 Å². The van der Waals surface area contributed by atoms with E-state index in [2.05, 4.69) is 27.7 Å². The molecule has 1 saturated heterocycles. The first-order valence-corrected chi connectivity index (χ1v) is 19.7. The summed E-state index contributed by atoms with van der Waals surface area (Å²) in [5.41, 5.74) is 3.29. The molecule has 1 fully saturated rings. The Kier molecular flexibility index (Phi) is 23.7. The van der Waals surface area contributed by atoms with Gasteiger partial charge in [0.1, 0.15) is 72.5 Å². The minimum atomic E-state index is -1.85. The van der Waals surface area contributed by atoms with Crippen molar-refractivity contribution in [1.29, 1.82) is 0 Å². The van der Waals surface area contributed by atoms with Crippen LogP contribution in [0.1, 0.15) is 67.1 Å². The molecular weight excluding hydrogens is 800 g/mol. The topological polar surface area (TPSA) is 283 Å². The minimum Gasteiger partial charge on any atom is -0.507 e. The number of esters is 2. The predicted molar refractivity (Wildman–Crippen MR) is 221 cm³/mol. The number of rotatable bonds is 18. The molecule has 0 saturated carbocycles. The summed E-state index contributed by atoms with van der Waals surface area (Å²) in [6.07, 6.45) is -11.0. The van der Waals surface area contributed by atoms with E-state index in [-0.39, 0.29) is 23.9 Å². The molecule has 0 aliphatic carbocycles. The number of carbonyl (C=O) groups excluding carboxylic acids is 2. The SMILES string of the molecule is CC(C)c1ccccc1COC(=O)c1ccccc1O.COc1ccc(C=CC(=O)OCCC(C)C)cc1.OC[C@@H](O)[C@@H](O[C@H]1O[C@H](CO)[C@@H](O)[C@H](O)[C@H]1O)[C@H](O)[C@@H](O)CO. The Morgan fingerprint density at radius 1 is 0.787 bits per heavy atom. The number of benzene rings is 3. The third-order valence-electron chi connectivity index (χ3n) is 9.25. The van der Waals surface area contributed by atoms with Crippen molar-refractivity contribution in [2.24, 2.45) is 5.92 Å². The summed E-state index contributed by atoms with van der Waals surface area (Å²) in [5.74, 6) is 0.841. The van der Waals surface area contributed by atoms with Gasteiger partial charge in [-0.15, -0.1) is 0 Å². The minimum absolute atomic E-state index is 0.0605. The third kappa shape index (κ3) is 17.4. The number of aliphatic hydroxyl groups excluding tert-OH is 9. The van der Waals surface area contributed by atoms with Crippen LogP contribution >= 0.6 is 0 Å². The van der Waals surface area contributed by atoms with Gasteiger partial charge in [-0.3, -0.25) is 0 Å². The number of methoxy groups -OCH3 is 1. The number of carbonyl (C=O) groups is 2. The average molecular weight is 863 g/mol. The summed E-state index contributed by atoms with van der Waals surface area (Å²) < 4.78 is 25.6. The number of ether oxygens (including phenoxy) is 5. The standard InChI is InChI=1S/C17H18O3.C15H20O3.C12H24O11/c1-12(2)14-8-4-3-7-13(14)11-20-17(19)15-9-5-6-10-16(15)18;1-12(2)10-11-18-15(16)9-6-13-4-7-14(17-3)8-5-13;13-1-4(16)7(18)11(5(17)2-14)23-12-10(21)9(20)8(19)6(3-15)22-12/h3-10,12,18H,11H2,1-2H3;4-9,12H,10-11H2,1-3H3;4-21H,1-3H2/t;;4-,5+,6+,7+,8+,9-,10+,11+,12+/m..0/s1. The molecule has 0 spiro atoms. The van der Waals surface area contributed by atoms with Gasteiger partial charge < -0.3 is 74.7 Å². The molecule has 0 amide bonds.